The van der Waals surface area contributed by atoms with Gasteiger partial charge in [0.05, 0.1) is 6.42 Å². The fourth-order valence-corrected chi connectivity index (χ4v) is 6.64. The molecule has 0 aliphatic heterocycles. The molecule has 0 radical (unpaired) electrons. The van der Waals surface area contributed by atoms with E-state index in [1.807, 2.05) is 91.8 Å². The molecule has 5 nitrogen and oxygen atoms in total. The lowest BCUT2D eigenvalue weighted by Crippen LogP contribution is -2.24. The van der Waals surface area contributed by atoms with E-state index >= 15 is 0 Å². The van der Waals surface area contributed by atoms with E-state index in [2.05, 4.69) is 24.3 Å². The van der Waals surface area contributed by atoms with Gasteiger partial charge in [-0.1, -0.05) is 78.9 Å². The van der Waals surface area contributed by atoms with Crippen molar-refractivity contribution in [3.8, 4) is 5.75 Å². The van der Waals surface area contributed by atoms with E-state index in [0.29, 0.717) is 22.3 Å². The van der Waals surface area contributed by atoms with Crippen LogP contribution in [0.25, 0.3) is 11.0 Å². The number of carbonyl (C=O) groups is 1. The second-order valence-electron chi connectivity index (χ2n) is 8.79. The first kappa shape index (κ1) is 24.5. The molecule has 5 rings (SSSR count). The minimum Gasteiger partial charge on any atom is -0.426 e. The molecule has 0 unspecified atom stereocenters. The van der Waals surface area contributed by atoms with Crippen LogP contribution in [0.2, 0.25) is 0 Å². The minimum absolute atomic E-state index is 0.0493. The van der Waals surface area contributed by atoms with Crippen LogP contribution in [-0.2, 0) is 11.2 Å². The lowest BCUT2D eigenvalue weighted by molar-refractivity contribution is -0.133. The molecule has 6 heteroatoms. The van der Waals surface area contributed by atoms with Crippen molar-refractivity contribution in [1.29, 1.82) is 0 Å². The van der Waals surface area contributed by atoms with Crippen molar-refractivity contribution in [2.75, 3.05) is 19.0 Å². The highest BCUT2D eigenvalue weighted by molar-refractivity contribution is 7.80. The number of para-hydroxylation sites is 1. The van der Waals surface area contributed by atoms with E-state index in [0.717, 1.165) is 21.6 Å². The van der Waals surface area contributed by atoms with Gasteiger partial charge in [0.15, 0.2) is 0 Å². The van der Waals surface area contributed by atoms with Gasteiger partial charge in [0, 0.05) is 42.6 Å². The summed E-state index contributed by atoms with van der Waals surface area (Å²) in [5.74, 6) is 0.0839. The third-order valence-corrected chi connectivity index (χ3v) is 8.50. The summed E-state index contributed by atoms with van der Waals surface area (Å²) in [7, 11) is 2.88. The van der Waals surface area contributed by atoms with E-state index < -0.39 is 19.5 Å². The summed E-state index contributed by atoms with van der Waals surface area (Å²) in [6.45, 7) is 0. The highest BCUT2D eigenvalue weighted by Crippen LogP contribution is 2.36. The quantitative estimate of drug-likeness (QED) is 0.138. The molecule has 1 aromatic heterocycles. The Morgan fingerprint density at radius 3 is 2.08 bits per heavy atom. The maximum atomic E-state index is 13.2. The van der Waals surface area contributed by atoms with Crippen LogP contribution in [-0.4, -0.2) is 20.1 Å². The lowest BCUT2D eigenvalue weighted by atomic mass is 10.1. The molecule has 37 heavy (non-hydrogen) atoms. The number of rotatable bonds is 7. The van der Waals surface area contributed by atoms with Crippen molar-refractivity contribution in [2.45, 2.75) is 6.42 Å². The summed E-state index contributed by atoms with van der Waals surface area (Å²) in [4.78, 5) is 27.4. The Bertz CT molecular complexity index is 1560. The molecule has 5 aromatic rings. The van der Waals surface area contributed by atoms with Gasteiger partial charge in [0.25, 0.3) is 0 Å². The second kappa shape index (κ2) is 10.8. The van der Waals surface area contributed by atoms with Gasteiger partial charge < -0.3 is 14.1 Å². The van der Waals surface area contributed by atoms with Crippen LogP contribution >= 0.6 is 7.92 Å². The molecule has 0 N–H and O–H groups in total. The average Bonchev–Trinajstić information content (AvgIpc) is 2.90. The molecular weight excluding hydrogens is 481 g/mol. The highest BCUT2D eigenvalue weighted by Gasteiger charge is 2.22. The largest absolute Gasteiger partial charge is 0.426 e. The summed E-state index contributed by atoms with van der Waals surface area (Å²) < 4.78 is 11.4. The number of nitrogens with zero attached hydrogens (tertiary/aromatic N) is 1. The number of carbonyl (C=O) groups excluding carboxylic acids is 1. The van der Waals surface area contributed by atoms with E-state index in [4.69, 9.17) is 9.15 Å². The molecule has 184 valence electrons. The van der Waals surface area contributed by atoms with Gasteiger partial charge in [-0.3, -0.25) is 4.79 Å². The Hall–Kier alpha value is -4.21. The molecule has 0 aliphatic carbocycles. The van der Waals surface area contributed by atoms with Crippen LogP contribution in [0.15, 0.2) is 118 Å². The average molecular weight is 508 g/mol. The first-order valence-electron chi connectivity index (χ1n) is 11.9. The molecule has 0 bridgehead atoms. The van der Waals surface area contributed by atoms with Crippen molar-refractivity contribution in [2.24, 2.45) is 0 Å². The van der Waals surface area contributed by atoms with Crippen molar-refractivity contribution in [3.05, 3.63) is 125 Å². The Balaban J connectivity index is 1.48. The molecule has 1 heterocycles. The number of ether oxygens (including phenoxy) is 1. The first-order chi connectivity index (χ1) is 18.0. The van der Waals surface area contributed by atoms with E-state index in [9.17, 15) is 9.59 Å². The van der Waals surface area contributed by atoms with Crippen molar-refractivity contribution in [3.63, 3.8) is 0 Å². The Morgan fingerprint density at radius 2 is 1.43 bits per heavy atom. The van der Waals surface area contributed by atoms with Gasteiger partial charge in [0.1, 0.15) is 11.3 Å². The number of hydrogen-bond acceptors (Lipinski definition) is 5. The van der Waals surface area contributed by atoms with Crippen LogP contribution < -0.4 is 31.2 Å². The molecule has 0 fully saturated rings. The predicted octanol–water partition coefficient (Wildman–Crippen LogP) is 4.77. The zero-order chi connectivity index (χ0) is 25.8. The topological polar surface area (TPSA) is 59.8 Å². The summed E-state index contributed by atoms with van der Waals surface area (Å²) in [5, 5.41) is 3.99. The summed E-state index contributed by atoms with van der Waals surface area (Å²) >= 11 is 0. The second-order valence-corrected chi connectivity index (χ2v) is 11.0. The zero-order valence-electron chi connectivity index (χ0n) is 20.6. The molecule has 0 amide bonds. The van der Waals surface area contributed by atoms with Crippen LogP contribution in [0.5, 0.6) is 5.75 Å². The predicted molar refractivity (Wildman–Crippen MR) is 151 cm³/mol. The van der Waals surface area contributed by atoms with E-state index in [-0.39, 0.29) is 6.42 Å². The van der Waals surface area contributed by atoms with Gasteiger partial charge in [-0.25, -0.2) is 4.79 Å². The normalized spacial score (nSPS) is 11.0. The number of anilines is 1. The molecule has 0 saturated heterocycles. The number of hydrogen-bond donors (Lipinski definition) is 0. The summed E-state index contributed by atoms with van der Waals surface area (Å²) in [6, 6.07) is 35.2. The third kappa shape index (κ3) is 5.47. The molecular formula is C31H26NO4P. The van der Waals surface area contributed by atoms with Gasteiger partial charge in [-0.15, -0.1) is 0 Å². The molecule has 0 aliphatic rings. The fourth-order valence-electron chi connectivity index (χ4n) is 4.27. The molecule has 0 saturated carbocycles. The maximum Gasteiger partial charge on any atom is 0.336 e. The van der Waals surface area contributed by atoms with E-state index in [1.165, 1.54) is 6.07 Å². The fraction of sp³-hybridized carbons (Fsp3) is 0.0968. The van der Waals surface area contributed by atoms with Gasteiger partial charge in [-0.2, -0.15) is 0 Å². The summed E-state index contributed by atoms with van der Waals surface area (Å²) in [6.07, 6.45) is -0.0493. The third-order valence-electron chi connectivity index (χ3n) is 6.02. The monoisotopic (exact) mass is 507 g/mol. The van der Waals surface area contributed by atoms with Crippen LogP contribution in [0.3, 0.4) is 0 Å². The number of fused-ring (bicyclic) bond motifs is 1. The summed E-state index contributed by atoms with van der Waals surface area (Å²) in [5.41, 5.74) is 1.42. The number of esters is 1. The molecule has 0 spiro atoms. The Kier molecular flexibility index (Phi) is 7.16. The first-order valence-corrected chi connectivity index (χ1v) is 13.3. The maximum absolute atomic E-state index is 13.2. The Morgan fingerprint density at radius 1 is 0.811 bits per heavy atom. The van der Waals surface area contributed by atoms with Gasteiger partial charge in [-0.05, 0) is 42.3 Å². The van der Waals surface area contributed by atoms with Crippen LogP contribution in [0.1, 0.15) is 5.56 Å². The van der Waals surface area contributed by atoms with Gasteiger partial charge >= 0.3 is 11.6 Å². The van der Waals surface area contributed by atoms with Crippen molar-refractivity contribution >= 4 is 46.5 Å². The van der Waals surface area contributed by atoms with Crippen molar-refractivity contribution in [1.82, 2.24) is 0 Å². The number of benzene rings is 4. The van der Waals surface area contributed by atoms with E-state index in [1.54, 1.807) is 6.07 Å². The zero-order valence-corrected chi connectivity index (χ0v) is 21.5. The smallest absolute Gasteiger partial charge is 0.336 e. The standard InChI is InChI=1S/C31H26NO4P/c1-32(2)23-17-18-26-22(20-31(34)36-28(26)21-23)19-30(33)35-27-15-9-10-16-29(27)37(24-11-5-3-6-12-24)25-13-7-4-8-14-25/h3-18,20-21H,19H2,1-2H3. The molecule has 4 aromatic carbocycles. The minimum atomic E-state index is -0.947. The van der Waals surface area contributed by atoms with Crippen LogP contribution in [0, 0.1) is 0 Å². The Labute approximate surface area is 216 Å². The lowest BCUT2D eigenvalue weighted by Gasteiger charge is -2.21. The van der Waals surface area contributed by atoms with Crippen LogP contribution in [0.4, 0.5) is 5.69 Å². The van der Waals surface area contributed by atoms with Crippen molar-refractivity contribution < 1.29 is 13.9 Å². The SMILES string of the molecule is CN(C)c1ccc2c(CC(=O)Oc3ccccc3P(c3ccccc3)c3ccccc3)cc(=O)oc2c1. The highest BCUT2D eigenvalue weighted by atomic mass is 31.1. The molecule has 0 atom stereocenters. The van der Waals surface area contributed by atoms with Gasteiger partial charge in [0.2, 0.25) is 0 Å².